The summed E-state index contributed by atoms with van der Waals surface area (Å²) < 4.78 is 0. The molecule has 0 aliphatic heterocycles. The molecule has 0 atom stereocenters. The van der Waals surface area contributed by atoms with Crippen LogP contribution in [-0.2, 0) is 6.42 Å². The van der Waals surface area contributed by atoms with E-state index in [2.05, 4.69) is 35.0 Å². The predicted molar refractivity (Wildman–Crippen MR) is 51.4 cm³/mol. The minimum absolute atomic E-state index is 1.11. The summed E-state index contributed by atoms with van der Waals surface area (Å²) in [6.45, 7) is 0. The van der Waals surface area contributed by atoms with Crippen LogP contribution in [0.5, 0.6) is 0 Å². The molecule has 2 aromatic rings. The maximum absolute atomic E-state index is 2.18. The van der Waals surface area contributed by atoms with Crippen molar-refractivity contribution in [3.05, 3.63) is 44.8 Å². The molecule has 0 nitrogen and oxygen atoms in total. The second-order valence-corrected chi connectivity index (χ2v) is 4.40. The van der Waals surface area contributed by atoms with E-state index in [1.165, 1.54) is 9.75 Å². The Morgan fingerprint density at radius 2 is 1.45 bits per heavy atom. The summed E-state index contributed by atoms with van der Waals surface area (Å²) in [5, 5.41) is 4.26. The van der Waals surface area contributed by atoms with Gasteiger partial charge >= 0.3 is 0 Å². The van der Waals surface area contributed by atoms with Gasteiger partial charge < -0.3 is 0 Å². The summed E-state index contributed by atoms with van der Waals surface area (Å²) in [6, 6.07) is 8.58. The first-order valence-electron chi connectivity index (χ1n) is 3.50. The fourth-order valence-electron chi connectivity index (χ4n) is 0.998. The van der Waals surface area contributed by atoms with Gasteiger partial charge in [-0.15, -0.1) is 22.7 Å². The molecule has 0 aliphatic rings. The Bertz CT molecular complexity index is 260. The lowest BCUT2D eigenvalue weighted by Crippen LogP contribution is -1.75. The fraction of sp³-hybridized carbons (Fsp3) is 0.111. The number of thiophene rings is 2. The van der Waals surface area contributed by atoms with E-state index >= 15 is 0 Å². The molecule has 0 aliphatic carbocycles. The van der Waals surface area contributed by atoms with E-state index in [1.54, 1.807) is 0 Å². The summed E-state index contributed by atoms with van der Waals surface area (Å²) in [4.78, 5) is 2.90. The van der Waals surface area contributed by atoms with Crippen molar-refractivity contribution < 1.29 is 0 Å². The van der Waals surface area contributed by atoms with Crippen LogP contribution in [0.15, 0.2) is 35.0 Å². The summed E-state index contributed by atoms with van der Waals surface area (Å²) in [6.07, 6.45) is 1.11. The predicted octanol–water partition coefficient (Wildman–Crippen LogP) is 3.40. The molecule has 56 valence electrons. The van der Waals surface area contributed by atoms with E-state index in [4.69, 9.17) is 0 Å². The maximum atomic E-state index is 2.18. The highest BCUT2D eigenvalue weighted by atomic mass is 32.1. The van der Waals surface area contributed by atoms with Gasteiger partial charge in [-0.3, -0.25) is 0 Å². The highest BCUT2D eigenvalue weighted by Gasteiger charge is 1.96. The van der Waals surface area contributed by atoms with Crippen molar-refractivity contribution in [2.45, 2.75) is 6.42 Å². The van der Waals surface area contributed by atoms with Crippen LogP contribution in [0.2, 0.25) is 0 Å². The van der Waals surface area contributed by atoms with Gasteiger partial charge in [-0.05, 0) is 22.9 Å². The number of hydrogen-bond donors (Lipinski definition) is 0. The van der Waals surface area contributed by atoms with Crippen molar-refractivity contribution in [3.8, 4) is 0 Å². The van der Waals surface area contributed by atoms with E-state index in [0.29, 0.717) is 0 Å². The Labute approximate surface area is 74.1 Å². The van der Waals surface area contributed by atoms with Crippen molar-refractivity contribution in [3.63, 3.8) is 0 Å². The van der Waals surface area contributed by atoms with Gasteiger partial charge in [-0.2, -0.15) is 0 Å². The van der Waals surface area contributed by atoms with Gasteiger partial charge in [0.05, 0.1) is 0 Å². The molecule has 0 N–H and O–H groups in total. The van der Waals surface area contributed by atoms with Crippen LogP contribution in [0, 0.1) is 0 Å². The molecule has 2 aromatic heterocycles. The summed E-state index contributed by atoms with van der Waals surface area (Å²) in [5.74, 6) is 0. The fourth-order valence-corrected chi connectivity index (χ4v) is 2.55. The van der Waals surface area contributed by atoms with Crippen molar-refractivity contribution >= 4 is 22.7 Å². The van der Waals surface area contributed by atoms with Gasteiger partial charge in [0.15, 0.2) is 0 Å². The SMILES string of the molecule is c1csc(Cc2cccs2)c1. The third kappa shape index (κ3) is 1.70. The van der Waals surface area contributed by atoms with E-state index in [0.717, 1.165) is 6.42 Å². The highest BCUT2D eigenvalue weighted by Crippen LogP contribution is 2.17. The normalized spacial score (nSPS) is 10.2. The molecule has 0 bridgehead atoms. The van der Waals surface area contributed by atoms with Crippen LogP contribution in [0.25, 0.3) is 0 Å². The monoisotopic (exact) mass is 180 g/mol. The summed E-state index contributed by atoms with van der Waals surface area (Å²) >= 11 is 3.66. The Morgan fingerprint density at radius 1 is 0.909 bits per heavy atom. The standard InChI is InChI=1S/C9H8S2/c1-3-8(10-5-1)7-9-4-2-6-11-9/h1-6H,7H2. The van der Waals surface area contributed by atoms with Crippen LogP contribution >= 0.6 is 22.7 Å². The minimum atomic E-state index is 1.11. The Balaban J connectivity index is 2.14. The zero-order chi connectivity index (χ0) is 7.52. The first kappa shape index (κ1) is 7.07. The molecule has 2 heteroatoms. The van der Waals surface area contributed by atoms with E-state index < -0.39 is 0 Å². The Hall–Kier alpha value is -0.600. The number of hydrogen-bond acceptors (Lipinski definition) is 2. The molecule has 0 spiro atoms. The molecule has 11 heavy (non-hydrogen) atoms. The molecule has 2 heterocycles. The topological polar surface area (TPSA) is 0 Å². The molecule has 0 saturated carbocycles. The highest BCUT2D eigenvalue weighted by molar-refractivity contribution is 7.11. The Morgan fingerprint density at radius 3 is 1.82 bits per heavy atom. The van der Waals surface area contributed by atoms with Crippen LogP contribution in [-0.4, -0.2) is 0 Å². The smallest absolute Gasteiger partial charge is 0.0163 e. The molecular formula is C9H8S2. The largest absolute Gasteiger partial charge is 0.149 e. The Kier molecular flexibility index (Phi) is 2.06. The average molecular weight is 180 g/mol. The lowest BCUT2D eigenvalue weighted by atomic mass is 10.3. The van der Waals surface area contributed by atoms with Crippen molar-refractivity contribution in [2.75, 3.05) is 0 Å². The first-order chi connectivity index (χ1) is 5.45. The van der Waals surface area contributed by atoms with Crippen molar-refractivity contribution in [1.29, 1.82) is 0 Å². The van der Waals surface area contributed by atoms with Gasteiger partial charge in [0.25, 0.3) is 0 Å². The third-order valence-corrected chi connectivity index (χ3v) is 3.26. The van der Waals surface area contributed by atoms with E-state index in [9.17, 15) is 0 Å². The van der Waals surface area contributed by atoms with Gasteiger partial charge in [-0.25, -0.2) is 0 Å². The summed E-state index contributed by atoms with van der Waals surface area (Å²) in [7, 11) is 0. The molecule has 0 aromatic carbocycles. The van der Waals surface area contributed by atoms with Crippen LogP contribution in [0.4, 0.5) is 0 Å². The quantitative estimate of drug-likeness (QED) is 0.664. The maximum Gasteiger partial charge on any atom is 0.0163 e. The van der Waals surface area contributed by atoms with Gasteiger partial charge in [0, 0.05) is 16.2 Å². The van der Waals surface area contributed by atoms with Crippen LogP contribution < -0.4 is 0 Å². The number of rotatable bonds is 2. The minimum Gasteiger partial charge on any atom is -0.149 e. The molecule has 0 unspecified atom stereocenters. The summed E-state index contributed by atoms with van der Waals surface area (Å²) in [5.41, 5.74) is 0. The molecule has 0 saturated heterocycles. The van der Waals surface area contributed by atoms with Crippen LogP contribution in [0.3, 0.4) is 0 Å². The molecule has 2 rings (SSSR count). The lowest BCUT2D eigenvalue weighted by molar-refractivity contribution is 1.31. The van der Waals surface area contributed by atoms with E-state index in [-0.39, 0.29) is 0 Å². The molecule has 0 amide bonds. The zero-order valence-corrected chi connectivity index (χ0v) is 7.62. The van der Waals surface area contributed by atoms with Gasteiger partial charge in [-0.1, -0.05) is 12.1 Å². The van der Waals surface area contributed by atoms with Gasteiger partial charge in [0.1, 0.15) is 0 Å². The first-order valence-corrected chi connectivity index (χ1v) is 5.26. The van der Waals surface area contributed by atoms with Crippen molar-refractivity contribution in [1.82, 2.24) is 0 Å². The molecule has 0 fully saturated rings. The molecular weight excluding hydrogens is 172 g/mol. The average Bonchev–Trinajstić information content (AvgIpc) is 2.60. The molecule has 0 radical (unpaired) electrons. The third-order valence-electron chi connectivity index (χ3n) is 1.51. The van der Waals surface area contributed by atoms with Crippen molar-refractivity contribution in [2.24, 2.45) is 0 Å². The lowest BCUT2D eigenvalue weighted by Gasteiger charge is -1.90. The second kappa shape index (κ2) is 3.20. The van der Waals surface area contributed by atoms with Gasteiger partial charge in [0.2, 0.25) is 0 Å². The van der Waals surface area contributed by atoms with E-state index in [1.807, 2.05) is 22.7 Å². The second-order valence-electron chi connectivity index (χ2n) is 2.34. The zero-order valence-electron chi connectivity index (χ0n) is 5.99. The van der Waals surface area contributed by atoms with Crippen LogP contribution in [0.1, 0.15) is 9.75 Å².